The molecule has 1 aromatic heterocycles. The molecule has 3 heteroatoms. The van der Waals surface area contributed by atoms with Crippen molar-refractivity contribution in [1.82, 2.24) is 4.98 Å². The molecule has 0 atom stereocenters. The van der Waals surface area contributed by atoms with Gasteiger partial charge in [-0.2, -0.15) is 0 Å². The zero-order chi connectivity index (χ0) is 12.7. The van der Waals surface area contributed by atoms with Crippen LogP contribution in [0, 0.1) is 18.6 Å². The smallest absolute Gasteiger partial charge is 0.126 e. The first-order valence-corrected chi connectivity index (χ1v) is 5.68. The van der Waals surface area contributed by atoms with Crippen LogP contribution in [0.25, 0.3) is 22.2 Å². The zero-order valence-electron chi connectivity index (χ0n) is 9.80. The second-order valence-corrected chi connectivity index (χ2v) is 4.38. The van der Waals surface area contributed by atoms with Gasteiger partial charge in [-0.25, -0.2) is 8.78 Å². The molecule has 1 nitrogen and oxygen atoms in total. The van der Waals surface area contributed by atoms with E-state index < -0.39 is 0 Å². The molecule has 0 aliphatic heterocycles. The fourth-order valence-electron chi connectivity index (χ4n) is 2.05. The number of aromatic amines is 1. The standard InChI is InChI=1S/C15H11F2N/c1-9-6-14-11(7-13(9)17)8-15(18-14)10-2-4-12(16)5-3-10/h2-8,18H,1H3. The molecule has 90 valence electrons. The molecule has 1 heterocycles. The lowest BCUT2D eigenvalue weighted by atomic mass is 10.1. The van der Waals surface area contributed by atoms with E-state index in [2.05, 4.69) is 4.98 Å². The van der Waals surface area contributed by atoms with Gasteiger partial charge in [0.2, 0.25) is 0 Å². The predicted octanol–water partition coefficient (Wildman–Crippen LogP) is 4.42. The fourth-order valence-corrected chi connectivity index (χ4v) is 2.05. The molecular weight excluding hydrogens is 232 g/mol. The van der Waals surface area contributed by atoms with Crippen molar-refractivity contribution >= 4 is 10.9 Å². The summed E-state index contributed by atoms with van der Waals surface area (Å²) < 4.78 is 26.3. The van der Waals surface area contributed by atoms with Crippen LogP contribution in [0.4, 0.5) is 8.78 Å². The summed E-state index contributed by atoms with van der Waals surface area (Å²) in [6, 6.07) is 11.4. The Labute approximate surface area is 103 Å². The van der Waals surface area contributed by atoms with Crippen LogP contribution in [0.3, 0.4) is 0 Å². The summed E-state index contributed by atoms with van der Waals surface area (Å²) in [6.07, 6.45) is 0. The summed E-state index contributed by atoms with van der Waals surface area (Å²) in [6.45, 7) is 1.73. The average Bonchev–Trinajstić information content (AvgIpc) is 2.73. The number of aryl methyl sites for hydroxylation is 1. The second kappa shape index (κ2) is 3.95. The Hall–Kier alpha value is -2.16. The van der Waals surface area contributed by atoms with E-state index in [9.17, 15) is 8.78 Å². The van der Waals surface area contributed by atoms with Gasteiger partial charge in [0.15, 0.2) is 0 Å². The summed E-state index contributed by atoms with van der Waals surface area (Å²) in [5.74, 6) is -0.482. The lowest BCUT2D eigenvalue weighted by molar-refractivity contribution is 0.620. The van der Waals surface area contributed by atoms with Crippen molar-refractivity contribution in [3.63, 3.8) is 0 Å². The summed E-state index contributed by atoms with van der Waals surface area (Å²) in [7, 11) is 0. The van der Waals surface area contributed by atoms with Crippen molar-refractivity contribution in [3.8, 4) is 11.3 Å². The number of halogens is 2. The van der Waals surface area contributed by atoms with Crippen molar-refractivity contribution in [2.45, 2.75) is 6.92 Å². The fraction of sp³-hybridized carbons (Fsp3) is 0.0667. The van der Waals surface area contributed by atoms with Crippen LogP contribution in [-0.4, -0.2) is 4.98 Å². The zero-order valence-corrected chi connectivity index (χ0v) is 9.80. The number of aromatic nitrogens is 1. The van der Waals surface area contributed by atoms with Gasteiger partial charge in [0, 0.05) is 16.6 Å². The Kier molecular flexibility index (Phi) is 2.40. The highest BCUT2D eigenvalue weighted by Crippen LogP contribution is 2.26. The summed E-state index contributed by atoms with van der Waals surface area (Å²) in [5.41, 5.74) is 3.23. The number of H-pyrrole nitrogens is 1. The monoisotopic (exact) mass is 243 g/mol. The van der Waals surface area contributed by atoms with Gasteiger partial charge >= 0.3 is 0 Å². The van der Waals surface area contributed by atoms with Crippen LogP contribution in [0.15, 0.2) is 42.5 Å². The molecule has 0 aliphatic rings. The van der Waals surface area contributed by atoms with Gasteiger partial charge in [0.05, 0.1) is 0 Å². The molecule has 0 saturated heterocycles. The highest BCUT2D eigenvalue weighted by molar-refractivity contribution is 5.86. The Bertz CT molecular complexity index is 672. The highest BCUT2D eigenvalue weighted by Gasteiger charge is 2.06. The third kappa shape index (κ3) is 1.78. The van der Waals surface area contributed by atoms with Gasteiger partial charge in [-0.05, 0) is 60.5 Å². The minimum Gasteiger partial charge on any atom is -0.355 e. The first kappa shape index (κ1) is 11.0. The molecule has 2 aromatic carbocycles. The number of rotatable bonds is 1. The minimum atomic E-state index is -0.267. The van der Waals surface area contributed by atoms with Crippen LogP contribution in [-0.2, 0) is 0 Å². The lowest BCUT2D eigenvalue weighted by Gasteiger charge is -1.96. The van der Waals surface area contributed by atoms with Crippen molar-refractivity contribution < 1.29 is 8.78 Å². The number of hydrogen-bond acceptors (Lipinski definition) is 0. The van der Waals surface area contributed by atoms with E-state index in [1.165, 1.54) is 18.2 Å². The van der Waals surface area contributed by atoms with Crippen molar-refractivity contribution in [1.29, 1.82) is 0 Å². The van der Waals surface area contributed by atoms with Crippen LogP contribution in [0.2, 0.25) is 0 Å². The normalized spacial score (nSPS) is 11.1. The molecule has 0 radical (unpaired) electrons. The molecule has 0 unspecified atom stereocenters. The maximum absolute atomic E-state index is 13.4. The van der Waals surface area contributed by atoms with Gasteiger partial charge in [-0.1, -0.05) is 0 Å². The van der Waals surface area contributed by atoms with Gasteiger partial charge in [-0.3, -0.25) is 0 Å². The third-order valence-corrected chi connectivity index (χ3v) is 3.06. The van der Waals surface area contributed by atoms with Gasteiger partial charge in [0.25, 0.3) is 0 Å². The molecule has 0 amide bonds. The summed E-state index contributed by atoms with van der Waals surface area (Å²) >= 11 is 0. The average molecular weight is 243 g/mol. The highest BCUT2D eigenvalue weighted by atomic mass is 19.1. The molecule has 3 aromatic rings. The Morgan fingerprint density at radius 3 is 2.39 bits per heavy atom. The molecule has 0 spiro atoms. The Balaban J connectivity index is 2.16. The molecule has 0 fully saturated rings. The van der Waals surface area contributed by atoms with Gasteiger partial charge in [0.1, 0.15) is 11.6 Å². The maximum atomic E-state index is 13.4. The van der Waals surface area contributed by atoms with E-state index >= 15 is 0 Å². The van der Waals surface area contributed by atoms with E-state index in [1.54, 1.807) is 25.1 Å². The molecule has 0 bridgehead atoms. The molecule has 0 aliphatic carbocycles. The molecule has 0 saturated carbocycles. The second-order valence-electron chi connectivity index (χ2n) is 4.38. The first-order valence-electron chi connectivity index (χ1n) is 5.68. The Morgan fingerprint density at radius 1 is 0.944 bits per heavy atom. The summed E-state index contributed by atoms with van der Waals surface area (Å²) in [5, 5.41) is 0.817. The molecular formula is C15H11F2N. The van der Waals surface area contributed by atoms with Gasteiger partial charge < -0.3 is 4.98 Å². The lowest BCUT2D eigenvalue weighted by Crippen LogP contribution is -1.80. The number of benzene rings is 2. The van der Waals surface area contributed by atoms with E-state index in [1.807, 2.05) is 6.07 Å². The van der Waals surface area contributed by atoms with Crippen LogP contribution >= 0.6 is 0 Å². The van der Waals surface area contributed by atoms with Crippen molar-refractivity contribution in [2.75, 3.05) is 0 Å². The van der Waals surface area contributed by atoms with E-state index in [4.69, 9.17) is 0 Å². The number of nitrogens with one attached hydrogen (secondary N) is 1. The molecule has 18 heavy (non-hydrogen) atoms. The number of fused-ring (bicyclic) bond motifs is 1. The quantitative estimate of drug-likeness (QED) is 0.651. The maximum Gasteiger partial charge on any atom is 0.126 e. The van der Waals surface area contributed by atoms with Crippen LogP contribution in [0.1, 0.15) is 5.56 Å². The Morgan fingerprint density at radius 2 is 1.67 bits per heavy atom. The largest absolute Gasteiger partial charge is 0.355 e. The molecule has 3 rings (SSSR count). The third-order valence-electron chi connectivity index (χ3n) is 3.06. The van der Waals surface area contributed by atoms with Crippen molar-refractivity contribution in [3.05, 3.63) is 59.7 Å². The topological polar surface area (TPSA) is 15.8 Å². The van der Waals surface area contributed by atoms with Crippen LogP contribution in [0.5, 0.6) is 0 Å². The molecule has 1 N–H and O–H groups in total. The van der Waals surface area contributed by atoms with E-state index in [0.29, 0.717) is 5.56 Å². The van der Waals surface area contributed by atoms with Crippen molar-refractivity contribution in [2.24, 2.45) is 0 Å². The SMILES string of the molecule is Cc1cc2[nH]c(-c3ccc(F)cc3)cc2cc1F. The van der Waals surface area contributed by atoms with Gasteiger partial charge in [-0.15, -0.1) is 0 Å². The van der Waals surface area contributed by atoms with E-state index in [0.717, 1.165) is 22.2 Å². The van der Waals surface area contributed by atoms with E-state index in [-0.39, 0.29) is 11.6 Å². The first-order chi connectivity index (χ1) is 8.63. The minimum absolute atomic E-state index is 0.216. The number of hydrogen-bond donors (Lipinski definition) is 1. The summed E-state index contributed by atoms with van der Waals surface area (Å²) in [4.78, 5) is 3.21. The predicted molar refractivity (Wildman–Crippen MR) is 68.4 cm³/mol. The van der Waals surface area contributed by atoms with Crippen LogP contribution < -0.4 is 0 Å².